The van der Waals surface area contributed by atoms with Gasteiger partial charge in [0.2, 0.25) is 0 Å². The van der Waals surface area contributed by atoms with Gasteiger partial charge in [-0.15, -0.1) is 0 Å². The molecule has 4 rings (SSSR count). The molecule has 1 aliphatic rings. The Morgan fingerprint density at radius 3 is 2.57 bits per heavy atom. The van der Waals surface area contributed by atoms with Crippen LogP contribution in [-0.4, -0.2) is 40.2 Å². The van der Waals surface area contributed by atoms with Crippen LogP contribution in [0.2, 0.25) is 0 Å². The van der Waals surface area contributed by atoms with Gasteiger partial charge >= 0.3 is 0 Å². The van der Waals surface area contributed by atoms with E-state index in [1.807, 2.05) is 31.2 Å². The molecule has 6 heteroatoms. The molecule has 0 atom stereocenters. The second-order valence-electron chi connectivity index (χ2n) is 7.07. The number of H-pyrrole nitrogens is 1. The standard InChI is InChI=1S/C22H22FN3O2/c1-15-6-8-16(9-7-15)19-14-20(25-24-19)22(27)26-12-10-17(11-13-26)28-21-5-3-2-4-18(21)23/h2-9,14,17H,10-13H2,1H3,(H,24,25). The topological polar surface area (TPSA) is 58.2 Å². The molecule has 1 saturated heterocycles. The molecule has 2 heterocycles. The highest BCUT2D eigenvalue weighted by Gasteiger charge is 2.26. The minimum Gasteiger partial charge on any atom is -0.487 e. The molecular formula is C22H22FN3O2. The fourth-order valence-electron chi connectivity index (χ4n) is 3.37. The molecule has 3 aromatic rings. The van der Waals surface area contributed by atoms with Gasteiger partial charge in [-0.1, -0.05) is 42.0 Å². The van der Waals surface area contributed by atoms with Crippen molar-refractivity contribution in [2.45, 2.75) is 25.9 Å². The molecule has 1 N–H and O–H groups in total. The molecule has 28 heavy (non-hydrogen) atoms. The number of aryl methyl sites for hydroxylation is 1. The Bertz CT molecular complexity index is 960. The van der Waals surface area contributed by atoms with E-state index in [0.29, 0.717) is 31.6 Å². The van der Waals surface area contributed by atoms with E-state index in [2.05, 4.69) is 10.2 Å². The van der Waals surface area contributed by atoms with Crippen molar-refractivity contribution < 1.29 is 13.9 Å². The highest BCUT2D eigenvalue weighted by Crippen LogP contribution is 2.23. The molecule has 0 spiro atoms. The summed E-state index contributed by atoms with van der Waals surface area (Å²) < 4.78 is 19.5. The van der Waals surface area contributed by atoms with Gasteiger partial charge in [-0.2, -0.15) is 5.10 Å². The van der Waals surface area contributed by atoms with Crippen molar-refractivity contribution in [3.63, 3.8) is 0 Å². The number of halogens is 1. The zero-order valence-corrected chi connectivity index (χ0v) is 15.7. The van der Waals surface area contributed by atoms with Crippen molar-refractivity contribution in [2.24, 2.45) is 0 Å². The summed E-state index contributed by atoms with van der Waals surface area (Å²) in [5.74, 6) is -0.166. The Morgan fingerprint density at radius 1 is 1.14 bits per heavy atom. The average Bonchev–Trinajstić information content (AvgIpc) is 3.20. The number of hydrogen-bond donors (Lipinski definition) is 1. The SMILES string of the molecule is Cc1ccc(-c2cc(C(=O)N3CCC(Oc4ccccc4F)CC3)[nH]n2)cc1. The van der Waals surface area contributed by atoms with E-state index in [0.717, 1.165) is 11.3 Å². The molecular weight excluding hydrogens is 357 g/mol. The number of likely N-dealkylation sites (tertiary alicyclic amines) is 1. The van der Waals surface area contributed by atoms with Crippen LogP contribution in [0.15, 0.2) is 54.6 Å². The van der Waals surface area contributed by atoms with E-state index in [1.165, 1.54) is 11.6 Å². The van der Waals surface area contributed by atoms with Crippen LogP contribution in [0.5, 0.6) is 5.75 Å². The highest BCUT2D eigenvalue weighted by molar-refractivity contribution is 5.93. The van der Waals surface area contributed by atoms with E-state index in [-0.39, 0.29) is 23.6 Å². The van der Waals surface area contributed by atoms with Crippen LogP contribution < -0.4 is 4.74 Å². The number of piperidine rings is 1. The molecule has 5 nitrogen and oxygen atoms in total. The van der Waals surface area contributed by atoms with Crippen LogP contribution in [0.1, 0.15) is 28.9 Å². The van der Waals surface area contributed by atoms with E-state index in [9.17, 15) is 9.18 Å². The van der Waals surface area contributed by atoms with Gasteiger partial charge in [-0.05, 0) is 25.1 Å². The summed E-state index contributed by atoms with van der Waals surface area (Å²) in [7, 11) is 0. The molecule has 0 saturated carbocycles. The third-order valence-electron chi connectivity index (χ3n) is 5.02. The fraction of sp³-hybridized carbons (Fsp3) is 0.273. The lowest BCUT2D eigenvalue weighted by Crippen LogP contribution is -2.42. The van der Waals surface area contributed by atoms with Gasteiger partial charge in [-0.3, -0.25) is 9.89 Å². The second-order valence-corrected chi connectivity index (χ2v) is 7.07. The smallest absolute Gasteiger partial charge is 0.271 e. The van der Waals surface area contributed by atoms with Gasteiger partial charge in [0, 0.05) is 31.5 Å². The van der Waals surface area contributed by atoms with E-state index >= 15 is 0 Å². The third kappa shape index (κ3) is 3.91. The van der Waals surface area contributed by atoms with Crippen molar-refractivity contribution in [1.29, 1.82) is 0 Å². The van der Waals surface area contributed by atoms with Gasteiger partial charge < -0.3 is 9.64 Å². The molecule has 0 unspecified atom stereocenters. The van der Waals surface area contributed by atoms with Crippen LogP contribution in [0, 0.1) is 12.7 Å². The Morgan fingerprint density at radius 2 is 1.86 bits per heavy atom. The minimum atomic E-state index is -0.359. The largest absolute Gasteiger partial charge is 0.487 e. The van der Waals surface area contributed by atoms with Gasteiger partial charge in [0.1, 0.15) is 11.8 Å². The maximum atomic E-state index is 13.7. The predicted molar refractivity (Wildman–Crippen MR) is 105 cm³/mol. The van der Waals surface area contributed by atoms with Crippen LogP contribution in [-0.2, 0) is 0 Å². The number of ether oxygens (including phenoxy) is 1. The number of aromatic amines is 1. The van der Waals surface area contributed by atoms with Crippen molar-refractivity contribution in [3.05, 3.63) is 71.7 Å². The van der Waals surface area contributed by atoms with Gasteiger partial charge in [0.25, 0.3) is 5.91 Å². The van der Waals surface area contributed by atoms with Crippen molar-refractivity contribution >= 4 is 5.91 Å². The molecule has 0 radical (unpaired) electrons. The second kappa shape index (κ2) is 7.84. The summed E-state index contributed by atoms with van der Waals surface area (Å²) in [6.07, 6.45) is 1.24. The van der Waals surface area contributed by atoms with E-state index < -0.39 is 0 Å². The first-order chi connectivity index (χ1) is 13.6. The van der Waals surface area contributed by atoms with E-state index in [1.54, 1.807) is 29.2 Å². The van der Waals surface area contributed by atoms with Crippen molar-refractivity contribution in [2.75, 3.05) is 13.1 Å². The fourth-order valence-corrected chi connectivity index (χ4v) is 3.37. The number of rotatable bonds is 4. The highest BCUT2D eigenvalue weighted by atomic mass is 19.1. The summed E-state index contributed by atoms with van der Waals surface area (Å²) in [4.78, 5) is 14.6. The van der Waals surface area contributed by atoms with Crippen LogP contribution in [0.3, 0.4) is 0 Å². The number of benzene rings is 2. The Kier molecular flexibility index (Phi) is 5.10. The van der Waals surface area contributed by atoms with Crippen molar-refractivity contribution in [3.8, 4) is 17.0 Å². The van der Waals surface area contributed by atoms with Crippen molar-refractivity contribution in [1.82, 2.24) is 15.1 Å². The molecule has 1 aliphatic heterocycles. The first-order valence-electron chi connectivity index (χ1n) is 9.43. The molecule has 0 bridgehead atoms. The normalized spacial score (nSPS) is 14.9. The van der Waals surface area contributed by atoms with E-state index in [4.69, 9.17) is 4.74 Å². The quantitative estimate of drug-likeness (QED) is 0.739. The van der Waals surface area contributed by atoms with Crippen LogP contribution in [0.4, 0.5) is 4.39 Å². The summed E-state index contributed by atoms with van der Waals surface area (Å²) in [6, 6.07) is 16.2. The lowest BCUT2D eigenvalue weighted by Gasteiger charge is -2.31. The number of amides is 1. The maximum Gasteiger partial charge on any atom is 0.271 e. The van der Waals surface area contributed by atoms with Crippen LogP contribution >= 0.6 is 0 Å². The average molecular weight is 379 g/mol. The zero-order chi connectivity index (χ0) is 19.5. The molecule has 1 amide bonds. The maximum absolute atomic E-state index is 13.7. The molecule has 1 fully saturated rings. The number of para-hydroxylation sites is 1. The lowest BCUT2D eigenvalue weighted by atomic mass is 10.1. The zero-order valence-electron chi connectivity index (χ0n) is 15.7. The number of hydrogen-bond acceptors (Lipinski definition) is 3. The molecule has 144 valence electrons. The van der Waals surface area contributed by atoms with Gasteiger partial charge in [0.05, 0.1) is 5.69 Å². The summed E-state index contributed by atoms with van der Waals surface area (Å²) in [5.41, 5.74) is 3.37. The number of nitrogens with zero attached hydrogens (tertiary/aromatic N) is 2. The first-order valence-corrected chi connectivity index (χ1v) is 9.43. The van der Waals surface area contributed by atoms with Gasteiger partial charge in [-0.25, -0.2) is 4.39 Å². The van der Waals surface area contributed by atoms with Crippen LogP contribution in [0.25, 0.3) is 11.3 Å². The monoisotopic (exact) mass is 379 g/mol. The third-order valence-corrected chi connectivity index (χ3v) is 5.02. The summed E-state index contributed by atoms with van der Waals surface area (Å²) >= 11 is 0. The Hall–Kier alpha value is -3.15. The molecule has 2 aromatic carbocycles. The Balaban J connectivity index is 1.36. The minimum absolute atomic E-state index is 0.0739. The number of carbonyl (C=O) groups is 1. The lowest BCUT2D eigenvalue weighted by molar-refractivity contribution is 0.0583. The number of carbonyl (C=O) groups excluding carboxylic acids is 1. The molecule has 0 aliphatic carbocycles. The predicted octanol–water partition coefficient (Wildman–Crippen LogP) is 4.21. The molecule has 1 aromatic heterocycles. The van der Waals surface area contributed by atoms with Gasteiger partial charge in [0.15, 0.2) is 11.6 Å². The number of aromatic nitrogens is 2. The summed E-state index contributed by atoms with van der Waals surface area (Å²) in [6.45, 7) is 3.16. The Labute approximate surface area is 163 Å². The summed E-state index contributed by atoms with van der Waals surface area (Å²) in [5, 5.41) is 7.13. The first kappa shape index (κ1) is 18.2. The number of nitrogens with one attached hydrogen (secondary N) is 1.